The highest BCUT2D eigenvalue weighted by Crippen LogP contribution is 2.40. The van der Waals surface area contributed by atoms with Gasteiger partial charge in [-0.25, -0.2) is 4.79 Å². The van der Waals surface area contributed by atoms with E-state index in [9.17, 15) is 9.90 Å². The fourth-order valence-corrected chi connectivity index (χ4v) is 4.65. The van der Waals surface area contributed by atoms with Crippen molar-refractivity contribution < 1.29 is 14.6 Å². The Bertz CT molecular complexity index is 799. The molecule has 0 unspecified atom stereocenters. The fraction of sp³-hybridized carbons (Fsp3) is 0.333. The molecule has 0 spiro atoms. The summed E-state index contributed by atoms with van der Waals surface area (Å²) in [4.78, 5) is 13.5. The third-order valence-corrected chi connectivity index (χ3v) is 5.63. The zero-order valence-corrected chi connectivity index (χ0v) is 15.7. The van der Waals surface area contributed by atoms with Crippen molar-refractivity contribution in [2.24, 2.45) is 5.92 Å². The van der Waals surface area contributed by atoms with Crippen LogP contribution in [-0.4, -0.2) is 23.3 Å². The van der Waals surface area contributed by atoms with Crippen molar-refractivity contribution in [3.63, 3.8) is 0 Å². The van der Waals surface area contributed by atoms with E-state index < -0.39 is 0 Å². The lowest BCUT2D eigenvalue weighted by atomic mass is 9.88. The first kappa shape index (κ1) is 17.7. The average molecular weight is 377 g/mol. The van der Waals surface area contributed by atoms with Gasteiger partial charge in [-0.05, 0) is 67.2 Å². The highest BCUT2D eigenvalue weighted by atomic mass is 32.1. The third-order valence-electron chi connectivity index (χ3n) is 4.25. The largest absolute Gasteiger partial charge is 0.508 e. The van der Waals surface area contributed by atoms with E-state index in [4.69, 9.17) is 17.0 Å². The van der Waals surface area contributed by atoms with Gasteiger partial charge in [0.15, 0.2) is 5.11 Å². The molecule has 2 aromatic rings. The number of esters is 1. The standard InChI is InChI=1S/C18H20N2O3S2/c1-10-3-8-13-14(9-10)25-16(15(13)17(22)23-2)20-18(24)19-11-4-6-12(21)7-5-11/h4-7,10,21H,3,8-9H2,1-2H3,(H2,19,20,24)/t10-/m1/s1. The van der Waals surface area contributed by atoms with Gasteiger partial charge in [-0.1, -0.05) is 6.92 Å². The van der Waals surface area contributed by atoms with Crippen molar-refractivity contribution in [3.8, 4) is 5.75 Å². The number of phenols is 1. The van der Waals surface area contributed by atoms with Crippen LogP contribution in [0.5, 0.6) is 5.75 Å². The third kappa shape index (κ3) is 3.93. The summed E-state index contributed by atoms with van der Waals surface area (Å²) in [5.74, 6) is 0.478. The molecule has 132 valence electrons. The fourth-order valence-electron chi connectivity index (χ4n) is 2.97. The van der Waals surface area contributed by atoms with E-state index in [1.807, 2.05) is 0 Å². The van der Waals surface area contributed by atoms with Crippen LogP contribution in [-0.2, 0) is 17.6 Å². The summed E-state index contributed by atoms with van der Waals surface area (Å²) in [5.41, 5.74) is 2.44. The van der Waals surface area contributed by atoms with Crippen LogP contribution < -0.4 is 10.6 Å². The van der Waals surface area contributed by atoms with Gasteiger partial charge in [-0.15, -0.1) is 11.3 Å². The van der Waals surface area contributed by atoms with Crippen LogP contribution in [0.25, 0.3) is 0 Å². The maximum atomic E-state index is 12.3. The molecule has 1 atom stereocenters. The van der Waals surface area contributed by atoms with Gasteiger partial charge < -0.3 is 20.5 Å². The number of rotatable bonds is 3. The van der Waals surface area contributed by atoms with Crippen molar-refractivity contribution in [1.29, 1.82) is 0 Å². The molecular weight excluding hydrogens is 356 g/mol. The number of hydrogen-bond donors (Lipinski definition) is 3. The Morgan fingerprint density at radius 3 is 2.72 bits per heavy atom. The Kier molecular flexibility index (Phi) is 5.24. The summed E-state index contributed by atoms with van der Waals surface area (Å²) in [6.45, 7) is 2.23. The lowest BCUT2D eigenvalue weighted by Crippen LogP contribution is -2.20. The molecule has 1 aliphatic rings. The second kappa shape index (κ2) is 7.41. The smallest absolute Gasteiger partial charge is 0.341 e. The zero-order valence-electron chi connectivity index (χ0n) is 14.1. The molecule has 0 saturated carbocycles. The van der Waals surface area contributed by atoms with Crippen LogP contribution in [0.2, 0.25) is 0 Å². The average Bonchev–Trinajstić information content (AvgIpc) is 2.92. The van der Waals surface area contributed by atoms with Crippen molar-refractivity contribution in [3.05, 3.63) is 40.3 Å². The highest BCUT2D eigenvalue weighted by Gasteiger charge is 2.28. The van der Waals surface area contributed by atoms with Gasteiger partial charge in [0.2, 0.25) is 0 Å². The maximum Gasteiger partial charge on any atom is 0.341 e. The van der Waals surface area contributed by atoms with E-state index in [2.05, 4.69) is 17.6 Å². The second-order valence-electron chi connectivity index (χ2n) is 6.17. The lowest BCUT2D eigenvalue weighted by molar-refractivity contribution is 0.0601. The molecule has 1 heterocycles. The van der Waals surface area contributed by atoms with Gasteiger partial charge in [-0.3, -0.25) is 0 Å². The van der Waals surface area contributed by atoms with Gasteiger partial charge in [0.1, 0.15) is 10.8 Å². The van der Waals surface area contributed by atoms with Crippen LogP contribution >= 0.6 is 23.6 Å². The molecule has 0 amide bonds. The van der Waals surface area contributed by atoms with Crippen LogP contribution in [0.15, 0.2) is 24.3 Å². The summed E-state index contributed by atoms with van der Waals surface area (Å²) in [6.07, 6.45) is 2.93. The number of fused-ring (bicyclic) bond motifs is 1. The van der Waals surface area contributed by atoms with E-state index in [1.54, 1.807) is 35.6 Å². The molecule has 7 heteroatoms. The molecule has 0 aliphatic heterocycles. The first-order valence-electron chi connectivity index (χ1n) is 8.07. The van der Waals surface area contributed by atoms with Crippen molar-refractivity contribution >= 4 is 45.3 Å². The first-order valence-corrected chi connectivity index (χ1v) is 9.30. The number of hydrogen-bond acceptors (Lipinski definition) is 5. The Hall–Kier alpha value is -2.12. The quantitative estimate of drug-likeness (QED) is 0.424. The normalized spacial score (nSPS) is 16.0. The minimum atomic E-state index is -0.331. The number of methoxy groups -OCH3 is 1. The Labute approximate surface area is 156 Å². The topological polar surface area (TPSA) is 70.6 Å². The zero-order chi connectivity index (χ0) is 18.0. The van der Waals surface area contributed by atoms with E-state index >= 15 is 0 Å². The predicted molar refractivity (Wildman–Crippen MR) is 105 cm³/mol. The van der Waals surface area contributed by atoms with E-state index in [-0.39, 0.29) is 11.7 Å². The Morgan fingerprint density at radius 1 is 1.32 bits per heavy atom. The number of phenolic OH excluding ortho intramolecular Hbond substituents is 1. The van der Waals surface area contributed by atoms with Gasteiger partial charge in [0.05, 0.1) is 12.7 Å². The van der Waals surface area contributed by atoms with E-state index in [1.165, 1.54) is 12.0 Å². The van der Waals surface area contributed by atoms with Gasteiger partial charge in [0.25, 0.3) is 0 Å². The predicted octanol–water partition coefficient (Wildman–Crippen LogP) is 4.17. The summed E-state index contributed by atoms with van der Waals surface area (Å²) in [7, 11) is 1.40. The van der Waals surface area contributed by atoms with Crippen LogP contribution in [0.1, 0.15) is 34.1 Å². The molecule has 0 saturated heterocycles. The number of ether oxygens (including phenoxy) is 1. The first-order chi connectivity index (χ1) is 12.0. The van der Waals surface area contributed by atoms with E-state index in [0.717, 1.165) is 35.5 Å². The van der Waals surface area contributed by atoms with Crippen molar-refractivity contribution in [1.82, 2.24) is 0 Å². The number of nitrogens with one attached hydrogen (secondary N) is 2. The number of aromatic hydroxyl groups is 1. The minimum Gasteiger partial charge on any atom is -0.508 e. The Morgan fingerprint density at radius 2 is 2.04 bits per heavy atom. The molecule has 25 heavy (non-hydrogen) atoms. The number of thiocarbonyl (C=S) groups is 1. The number of benzene rings is 1. The molecule has 3 rings (SSSR count). The molecule has 5 nitrogen and oxygen atoms in total. The molecular formula is C18H20N2O3S2. The number of thiophene rings is 1. The monoisotopic (exact) mass is 376 g/mol. The van der Waals surface area contributed by atoms with E-state index in [0.29, 0.717) is 16.6 Å². The molecule has 1 aliphatic carbocycles. The molecule has 0 fully saturated rings. The molecule has 0 bridgehead atoms. The Balaban J connectivity index is 1.82. The van der Waals surface area contributed by atoms with Gasteiger partial charge in [0, 0.05) is 10.6 Å². The number of carbonyl (C=O) groups is 1. The van der Waals surface area contributed by atoms with Crippen LogP contribution in [0.3, 0.4) is 0 Å². The van der Waals surface area contributed by atoms with Crippen LogP contribution in [0, 0.1) is 5.92 Å². The number of carbonyl (C=O) groups excluding carboxylic acids is 1. The highest BCUT2D eigenvalue weighted by molar-refractivity contribution is 7.80. The van der Waals surface area contributed by atoms with Gasteiger partial charge in [-0.2, -0.15) is 0 Å². The molecule has 0 radical (unpaired) electrons. The lowest BCUT2D eigenvalue weighted by Gasteiger charge is -2.18. The SMILES string of the molecule is COC(=O)c1c(NC(=S)Nc2ccc(O)cc2)sc2c1CC[C@@H](C)C2. The summed E-state index contributed by atoms with van der Waals surface area (Å²) >= 11 is 6.94. The second-order valence-corrected chi connectivity index (χ2v) is 7.69. The minimum absolute atomic E-state index is 0.192. The maximum absolute atomic E-state index is 12.3. The van der Waals surface area contributed by atoms with Crippen molar-refractivity contribution in [2.75, 3.05) is 17.7 Å². The summed E-state index contributed by atoms with van der Waals surface area (Å²) in [5, 5.41) is 16.6. The van der Waals surface area contributed by atoms with Crippen LogP contribution in [0.4, 0.5) is 10.7 Å². The molecule has 1 aromatic carbocycles. The van der Waals surface area contributed by atoms with Gasteiger partial charge >= 0.3 is 5.97 Å². The molecule has 1 aromatic heterocycles. The van der Waals surface area contributed by atoms with Crippen molar-refractivity contribution in [2.45, 2.75) is 26.2 Å². The summed E-state index contributed by atoms with van der Waals surface area (Å²) < 4.78 is 4.98. The molecule has 3 N–H and O–H groups in total. The number of anilines is 2. The summed E-state index contributed by atoms with van der Waals surface area (Å²) in [6, 6.07) is 6.61.